The number of hydrogen-bond acceptors (Lipinski definition) is 2. The lowest BCUT2D eigenvalue weighted by Crippen LogP contribution is -2.23. The number of benzene rings is 1. The highest BCUT2D eigenvalue weighted by Gasteiger charge is 2.01. The van der Waals surface area contributed by atoms with E-state index in [0.29, 0.717) is 18.5 Å². The fraction of sp³-hybridized carbons (Fsp3) is 0.200. The van der Waals surface area contributed by atoms with Crippen molar-refractivity contribution in [2.24, 2.45) is 7.05 Å². The molecule has 0 bridgehead atoms. The zero-order valence-electron chi connectivity index (χ0n) is 11.2. The van der Waals surface area contributed by atoms with E-state index in [-0.39, 0.29) is 11.7 Å². The summed E-state index contributed by atoms with van der Waals surface area (Å²) in [6.45, 7) is 0.400. The summed E-state index contributed by atoms with van der Waals surface area (Å²) in [5.41, 5.74) is 1.46. The van der Waals surface area contributed by atoms with Crippen LogP contribution in [-0.2, 0) is 18.3 Å². The van der Waals surface area contributed by atoms with Gasteiger partial charge in [0, 0.05) is 31.4 Å². The Morgan fingerprint density at radius 2 is 2.25 bits per heavy atom. The van der Waals surface area contributed by atoms with Gasteiger partial charge in [-0.25, -0.2) is 4.39 Å². The summed E-state index contributed by atoms with van der Waals surface area (Å²) in [6, 6.07) is 6.56. The summed E-state index contributed by atoms with van der Waals surface area (Å²) in [5, 5.41) is 6.71. The van der Waals surface area contributed by atoms with Crippen LogP contribution in [0.3, 0.4) is 0 Å². The van der Waals surface area contributed by atoms with Crippen LogP contribution in [-0.4, -0.2) is 22.2 Å². The van der Waals surface area contributed by atoms with Gasteiger partial charge in [-0.3, -0.25) is 9.48 Å². The molecular weight excluding hydrogens is 257 g/mol. The highest BCUT2D eigenvalue weighted by Crippen LogP contribution is 2.06. The van der Waals surface area contributed by atoms with Gasteiger partial charge >= 0.3 is 0 Å². The third-order valence-electron chi connectivity index (χ3n) is 2.80. The molecule has 0 spiro atoms. The van der Waals surface area contributed by atoms with Crippen molar-refractivity contribution in [2.45, 2.75) is 6.42 Å². The third-order valence-corrected chi connectivity index (χ3v) is 2.80. The fourth-order valence-electron chi connectivity index (χ4n) is 1.78. The Kier molecular flexibility index (Phi) is 4.65. The Balaban J connectivity index is 1.78. The molecular formula is C15H16FN3O. The Bertz CT molecular complexity index is 619. The molecule has 0 aliphatic carbocycles. The second kappa shape index (κ2) is 6.65. The van der Waals surface area contributed by atoms with Crippen molar-refractivity contribution >= 4 is 12.0 Å². The lowest BCUT2D eigenvalue weighted by atomic mass is 10.1. The average Bonchev–Trinajstić information content (AvgIpc) is 2.84. The maximum atomic E-state index is 13.3. The van der Waals surface area contributed by atoms with E-state index in [0.717, 1.165) is 5.56 Å². The first-order valence-corrected chi connectivity index (χ1v) is 6.33. The molecule has 0 saturated heterocycles. The molecule has 1 aromatic heterocycles. The van der Waals surface area contributed by atoms with E-state index in [4.69, 9.17) is 0 Å². The number of nitrogens with one attached hydrogen (secondary N) is 1. The van der Waals surface area contributed by atoms with Crippen molar-refractivity contribution in [3.8, 4) is 0 Å². The van der Waals surface area contributed by atoms with Gasteiger partial charge in [-0.15, -0.1) is 0 Å². The number of nitrogens with zero attached hydrogens (tertiary/aromatic N) is 2. The maximum absolute atomic E-state index is 13.3. The molecule has 1 aromatic carbocycles. The molecule has 1 amide bonds. The highest BCUT2D eigenvalue weighted by molar-refractivity contribution is 5.91. The van der Waals surface area contributed by atoms with Crippen LogP contribution in [0.25, 0.3) is 6.08 Å². The smallest absolute Gasteiger partial charge is 0.244 e. The zero-order valence-corrected chi connectivity index (χ0v) is 11.2. The topological polar surface area (TPSA) is 46.9 Å². The lowest BCUT2D eigenvalue weighted by Gasteiger charge is -2.03. The van der Waals surface area contributed by atoms with E-state index in [1.807, 2.05) is 13.2 Å². The van der Waals surface area contributed by atoms with Crippen LogP contribution in [0.15, 0.2) is 42.7 Å². The molecule has 104 valence electrons. The minimum absolute atomic E-state index is 0.204. The SMILES string of the molecule is Cn1cc(C=CC(=O)NCCc2ccccc2F)cn1. The molecule has 20 heavy (non-hydrogen) atoms. The van der Waals surface area contributed by atoms with Crippen LogP contribution in [0.5, 0.6) is 0 Å². The molecule has 0 atom stereocenters. The molecule has 0 aliphatic heterocycles. The number of aryl methyl sites for hydroxylation is 1. The number of aromatic nitrogens is 2. The normalized spacial score (nSPS) is 10.9. The van der Waals surface area contributed by atoms with Gasteiger partial charge in [0.2, 0.25) is 5.91 Å². The van der Waals surface area contributed by atoms with E-state index < -0.39 is 0 Å². The van der Waals surface area contributed by atoms with E-state index in [2.05, 4.69) is 10.4 Å². The summed E-state index contributed by atoms with van der Waals surface area (Å²) in [7, 11) is 1.81. The molecule has 1 N–H and O–H groups in total. The van der Waals surface area contributed by atoms with Gasteiger partial charge in [0.15, 0.2) is 0 Å². The number of carbonyl (C=O) groups excluding carboxylic acids is 1. The minimum atomic E-state index is -0.243. The largest absolute Gasteiger partial charge is 0.352 e. The summed E-state index contributed by atoms with van der Waals surface area (Å²) >= 11 is 0. The van der Waals surface area contributed by atoms with Crippen LogP contribution >= 0.6 is 0 Å². The Morgan fingerprint density at radius 1 is 1.45 bits per heavy atom. The summed E-state index contributed by atoms with van der Waals surface area (Å²) in [5.74, 6) is -0.446. The van der Waals surface area contributed by atoms with Crippen molar-refractivity contribution in [3.05, 3.63) is 59.7 Å². The van der Waals surface area contributed by atoms with Crippen molar-refractivity contribution in [1.82, 2.24) is 15.1 Å². The monoisotopic (exact) mass is 273 g/mol. The second-order valence-electron chi connectivity index (χ2n) is 4.41. The predicted octanol–water partition coefficient (Wildman–Crippen LogP) is 1.93. The van der Waals surface area contributed by atoms with Crippen LogP contribution in [0, 0.1) is 5.82 Å². The Labute approximate surface area is 116 Å². The van der Waals surface area contributed by atoms with Crippen molar-refractivity contribution < 1.29 is 9.18 Å². The number of rotatable bonds is 5. The van der Waals surface area contributed by atoms with Gasteiger partial charge in [-0.2, -0.15) is 5.10 Å². The van der Waals surface area contributed by atoms with Crippen molar-refractivity contribution in [2.75, 3.05) is 6.54 Å². The Morgan fingerprint density at radius 3 is 2.95 bits per heavy atom. The van der Waals surface area contributed by atoms with Crippen LogP contribution < -0.4 is 5.32 Å². The molecule has 0 unspecified atom stereocenters. The molecule has 0 saturated carbocycles. The number of carbonyl (C=O) groups is 1. The van der Waals surface area contributed by atoms with Gasteiger partial charge in [0.05, 0.1) is 6.20 Å². The zero-order chi connectivity index (χ0) is 14.4. The van der Waals surface area contributed by atoms with Gasteiger partial charge in [0.25, 0.3) is 0 Å². The molecule has 0 radical (unpaired) electrons. The second-order valence-corrected chi connectivity index (χ2v) is 4.41. The molecule has 1 heterocycles. The van der Waals surface area contributed by atoms with E-state index >= 15 is 0 Å². The van der Waals surface area contributed by atoms with E-state index in [1.54, 1.807) is 35.2 Å². The first kappa shape index (κ1) is 14.0. The molecule has 2 rings (SSSR count). The quantitative estimate of drug-likeness (QED) is 0.846. The van der Waals surface area contributed by atoms with E-state index in [1.165, 1.54) is 12.1 Å². The van der Waals surface area contributed by atoms with Crippen LogP contribution in [0.2, 0.25) is 0 Å². The summed E-state index contributed by atoms with van der Waals surface area (Å²) in [6.07, 6.45) is 7.08. The number of amides is 1. The molecule has 0 aliphatic rings. The molecule has 5 heteroatoms. The lowest BCUT2D eigenvalue weighted by molar-refractivity contribution is -0.116. The molecule has 4 nitrogen and oxygen atoms in total. The fourth-order valence-corrected chi connectivity index (χ4v) is 1.78. The average molecular weight is 273 g/mol. The van der Waals surface area contributed by atoms with E-state index in [9.17, 15) is 9.18 Å². The third kappa shape index (κ3) is 4.05. The first-order valence-electron chi connectivity index (χ1n) is 6.33. The van der Waals surface area contributed by atoms with Gasteiger partial charge in [-0.05, 0) is 24.1 Å². The van der Waals surface area contributed by atoms with Crippen molar-refractivity contribution in [3.63, 3.8) is 0 Å². The standard InChI is InChI=1S/C15H16FN3O/c1-19-11-12(10-18-19)6-7-15(20)17-9-8-13-4-2-3-5-14(13)16/h2-7,10-11H,8-9H2,1H3,(H,17,20). The van der Waals surface area contributed by atoms with Crippen LogP contribution in [0.1, 0.15) is 11.1 Å². The van der Waals surface area contributed by atoms with Crippen LogP contribution in [0.4, 0.5) is 4.39 Å². The predicted molar refractivity (Wildman–Crippen MR) is 75.4 cm³/mol. The molecule has 0 fully saturated rings. The Hall–Kier alpha value is -2.43. The minimum Gasteiger partial charge on any atom is -0.352 e. The first-order chi connectivity index (χ1) is 9.65. The van der Waals surface area contributed by atoms with Crippen molar-refractivity contribution in [1.29, 1.82) is 0 Å². The molecule has 2 aromatic rings. The highest BCUT2D eigenvalue weighted by atomic mass is 19.1. The number of halogens is 1. The van der Waals surface area contributed by atoms with Gasteiger partial charge < -0.3 is 5.32 Å². The van der Waals surface area contributed by atoms with Gasteiger partial charge in [0.1, 0.15) is 5.82 Å². The summed E-state index contributed by atoms with van der Waals surface area (Å²) in [4.78, 5) is 11.6. The summed E-state index contributed by atoms with van der Waals surface area (Å²) < 4.78 is 15.0. The maximum Gasteiger partial charge on any atom is 0.244 e. The number of hydrogen-bond donors (Lipinski definition) is 1. The van der Waals surface area contributed by atoms with Gasteiger partial charge in [-0.1, -0.05) is 18.2 Å².